The smallest absolute Gasteiger partial charge is 0.196 e. The summed E-state index contributed by atoms with van der Waals surface area (Å²) in [6.45, 7) is 0. The van der Waals surface area contributed by atoms with Crippen LogP contribution in [0.25, 0.3) is 0 Å². The van der Waals surface area contributed by atoms with E-state index in [9.17, 15) is 4.39 Å². The lowest BCUT2D eigenvalue weighted by Crippen LogP contribution is -2.06. The minimum Gasteiger partial charge on any atom is -0.493 e. The quantitative estimate of drug-likeness (QED) is 0.494. The van der Waals surface area contributed by atoms with Crippen molar-refractivity contribution in [2.75, 3.05) is 14.2 Å². The van der Waals surface area contributed by atoms with Gasteiger partial charge < -0.3 is 15.2 Å². The third-order valence-corrected chi connectivity index (χ3v) is 3.90. The Labute approximate surface area is 144 Å². The van der Waals surface area contributed by atoms with Crippen molar-refractivity contribution in [3.63, 3.8) is 0 Å². The molecule has 24 heavy (non-hydrogen) atoms. The monoisotopic (exact) mass is 347 g/mol. The summed E-state index contributed by atoms with van der Waals surface area (Å²) in [5.74, 6) is 0.510. The van der Waals surface area contributed by atoms with Crippen LogP contribution in [0.1, 0.15) is 11.1 Å². The van der Waals surface area contributed by atoms with Gasteiger partial charge in [0.2, 0.25) is 0 Å². The molecule has 0 saturated heterocycles. The molecule has 0 amide bonds. The summed E-state index contributed by atoms with van der Waals surface area (Å²) in [5, 5.41) is 8.10. The Bertz CT molecular complexity index is 736. The SMILES string of the molecule is COc1cc(C=NN=C(N)SCc2ccccc2)cc(F)c1OC. The Kier molecular flexibility index (Phi) is 6.62. The van der Waals surface area contributed by atoms with Gasteiger partial charge in [0.05, 0.1) is 20.4 Å². The molecule has 2 aromatic carbocycles. The van der Waals surface area contributed by atoms with E-state index in [-0.39, 0.29) is 11.5 Å². The molecular weight excluding hydrogens is 329 g/mol. The summed E-state index contributed by atoms with van der Waals surface area (Å²) >= 11 is 1.38. The molecule has 0 spiro atoms. The lowest BCUT2D eigenvalue weighted by Gasteiger charge is -2.08. The number of nitrogens with zero attached hydrogens (tertiary/aromatic N) is 2. The maximum atomic E-state index is 13.9. The number of hydrogen-bond donors (Lipinski definition) is 1. The number of hydrogen-bond acceptors (Lipinski definition) is 5. The molecule has 0 aromatic heterocycles. The Balaban J connectivity index is 2.01. The van der Waals surface area contributed by atoms with Gasteiger partial charge in [-0.15, -0.1) is 5.10 Å². The number of ether oxygens (including phenoxy) is 2. The van der Waals surface area contributed by atoms with Crippen molar-refractivity contribution in [2.45, 2.75) is 5.75 Å². The number of thioether (sulfide) groups is 1. The first-order valence-electron chi connectivity index (χ1n) is 7.08. The summed E-state index contributed by atoms with van der Waals surface area (Å²) in [4.78, 5) is 0. The highest BCUT2D eigenvalue weighted by molar-refractivity contribution is 8.13. The summed E-state index contributed by atoms with van der Waals surface area (Å²) in [6.07, 6.45) is 1.40. The number of halogens is 1. The van der Waals surface area contributed by atoms with Crippen LogP contribution < -0.4 is 15.2 Å². The zero-order valence-corrected chi connectivity index (χ0v) is 14.2. The molecule has 0 bridgehead atoms. The standard InChI is InChI=1S/C17H18FN3O2S/c1-22-15-9-13(8-14(18)16(15)23-2)10-20-21-17(19)24-11-12-6-4-3-5-7-12/h3-10H,11H2,1-2H3,(H2,19,21). The maximum absolute atomic E-state index is 13.9. The van der Waals surface area contributed by atoms with Crippen molar-refractivity contribution in [1.82, 2.24) is 0 Å². The van der Waals surface area contributed by atoms with E-state index < -0.39 is 5.82 Å². The molecule has 0 unspecified atom stereocenters. The molecule has 0 saturated carbocycles. The molecule has 0 radical (unpaired) electrons. The van der Waals surface area contributed by atoms with Gasteiger partial charge in [0.15, 0.2) is 22.5 Å². The second-order valence-electron chi connectivity index (χ2n) is 4.70. The molecule has 0 heterocycles. The van der Waals surface area contributed by atoms with Crippen LogP contribution in [0.2, 0.25) is 0 Å². The second kappa shape index (κ2) is 8.93. The van der Waals surface area contributed by atoms with Crippen molar-refractivity contribution in [3.05, 3.63) is 59.4 Å². The first kappa shape index (κ1) is 17.8. The molecule has 2 rings (SSSR count). The average molecular weight is 347 g/mol. The van der Waals surface area contributed by atoms with E-state index in [0.29, 0.717) is 16.5 Å². The molecule has 0 atom stereocenters. The van der Waals surface area contributed by atoms with Gasteiger partial charge in [-0.2, -0.15) is 5.10 Å². The van der Waals surface area contributed by atoms with Crippen LogP contribution in [0, 0.1) is 5.82 Å². The number of methoxy groups -OCH3 is 2. The highest BCUT2D eigenvalue weighted by atomic mass is 32.2. The van der Waals surface area contributed by atoms with E-state index in [0.717, 1.165) is 5.56 Å². The van der Waals surface area contributed by atoms with Crippen LogP contribution in [-0.4, -0.2) is 25.6 Å². The summed E-state index contributed by atoms with van der Waals surface area (Å²) in [5.41, 5.74) is 7.44. The lowest BCUT2D eigenvalue weighted by molar-refractivity contribution is 0.337. The van der Waals surface area contributed by atoms with E-state index >= 15 is 0 Å². The summed E-state index contributed by atoms with van der Waals surface area (Å²) in [7, 11) is 2.82. The largest absolute Gasteiger partial charge is 0.493 e. The van der Waals surface area contributed by atoms with Crippen LogP contribution in [0.15, 0.2) is 52.7 Å². The van der Waals surface area contributed by atoms with Crippen molar-refractivity contribution >= 4 is 23.1 Å². The van der Waals surface area contributed by atoms with E-state index in [4.69, 9.17) is 15.2 Å². The van der Waals surface area contributed by atoms with Crippen molar-refractivity contribution in [1.29, 1.82) is 0 Å². The Morgan fingerprint density at radius 2 is 1.96 bits per heavy atom. The van der Waals surface area contributed by atoms with Crippen LogP contribution in [0.4, 0.5) is 4.39 Å². The molecule has 5 nitrogen and oxygen atoms in total. The van der Waals surface area contributed by atoms with Gasteiger partial charge in [0.1, 0.15) is 0 Å². The second-order valence-corrected chi connectivity index (χ2v) is 5.69. The Morgan fingerprint density at radius 3 is 2.62 bits per heavy atom. The molecular formula is C17H18FN3O2S. The van der Waals surface area contributed by atoms with Gasteiger partial charge in [-0.25, -0.2) is 4.39 Å². The van der Waals surface area contributed by atoms with Crippen LogP contribution in [0.5, 0.6) is 11.5 Å². The zero-order chi connectivity index (χ0) is 17.4. The number of amidine groups is 1. The Hall–Kier alpha value is -2.54. The number of nitrogens with two attached hydrogens (primary N) is 1. The van der Waals surface area contributed by atoms with E-state index in [1.807, 2.05) is 30.3 Å². The number of rotatable bonds is 6. The van der Waals surface area contributed by atoms with E-state index in [1.165, 1.54) is 38.3 Å². The minimum atomic E-state index is -0.534. The fraction of sp³-hybridized carbons (Fsp3) is 0.176. The van der Waals surface area contributed by atoms with Gasteiger partial charge in [-0.3, -0.25) is 0 Å². The topological polar surface area (TPSA) is 69.2 Å². The van der Waals surface area contributed by atoms with Gasteiger partial charge in [-0.05, 0) is 17.7 Å². The molecule has 0 fully saturated rings. The van der Waals surface area contributed by atoms with Crippen LogP contribution in [0.3, 0.4) is 0 Å². The fourth-order valence-corrected chi connectivity index (χ4v) is 2.54. The van der Waals surface area contributed by atoms with Crippen molar-refractivity contribution in [2.24, 2.45) is 15.9 Å². The highest BCUT2D eigenvalue weighted by Gasteiger charge is 2.11. The molecule has 126 valence electrons. The predicted molar refractivity (Wildman–Crippen MR) is 96.5 cm³/mol. The minimum absolute atomic E-state index is 0.0519. The zero-order valence-electron chi connectivity index (χ0n) is 13.4. The molecule has 2 N–H and O–H groups in total. The van der Waals surface area contributed by atoms with E-state index in [2.05, 4.69) is 10.2 Å². The van der Waals surface area contributed by atoms with Gasteiger partial charge in [-0.1, -0.05) is 42.1 Å². The average Bonchev–Trinajstić information content (AvgIpc) is 2.60. The first-order chi connectivity index (χ1) is 11.6. The fourth-order valence-electron chi connectivity index (χ4n) is 1.93. The van der Waals surface area contributed by atoms with Gasteiger partial charge in [0, 0.05) is 11.3 Å². The third kappa shape index (κ3) is 4.99. The predicted octanol–water partition coefficient (Wildman–Crippen LogP) is 3.42. The van der Waals surface area contributed by atoms with Crippen molar-refractivity contribution < 1.29 is 13.9 Å². The van der Waals surface area contributed by atoms with Gasteiger partial charge in [0.25, 0.3) is 0 Å². The van der Waals surface area contributed by atoms with Crippen molar-refractivity contribution in [3.8, 4) is 11.5 Å². The molecule has 7 heteroatoms. The normalized spacial score (nSPS) is 11.7. The van der Waals surface area contributed by atoms with Gasteiger partial charge >= 0.3 is 0 Å². The first-order valence-corrected chi connectivity index (χ1v) is 8.07. The van der Waals surface area contributed by atoms with Crippen LogP contribution in [-0.2, 0) is 5.75 Å². The van der Waals surface area contributed by atoms with E-state index in [1.54, 1.807) is 6.07 Å². The number of benzene rings is 2. The summed E-state index contributed by atoms with van der Waals surface area (Å²) in [6, 6.07) is 12.8. The molecule has 0 aliphatic carbocycles. The lowest BCUT2D eigenvalue weighted by atomic mass is 10.2. The van der Waals surface area contributed by atoms with Crippen LogP contribution >= 0.6 is 11.8 Å². The third-order valence-electron chi connectivity index (χ3n) is 3.05. The molecule has 0 aliphatic rings. The maximum Gasteiger partial charge on any atom is 0.196 e. The highest BCUT2D eigenvalue weighted by Crippen LogP contribution is 2.30. The molecule has 0 aliphatic heterocycles. The summed E-state index contributed by atoms with van der Waals surface area (Å²) < 4.78 is 23.9. The molecule has 2 aromatic rings. The Morgan fingerprint density at radius 1 is 1.21 bits per heavy atom.